The number of hydrogen-bond acceptors (Lipinski definition) is 6. The Morgan fingerprint density at radius 3 is 2.89 bits per heavy atom. The Labute approximate surface area is 167 Å². The molecule has 140 valence electrons. The first kappa shape index (κ1) is 19.3. The SMILES string of the molecule is C=CCN1C(=O)/C(=C\c2c(NCCC)nc3c(C)cccn3c2=O)SC1=S. The normalized spacial score (nSPS) is 15.8. The van der Waals surface area contributed by atoms with Gasteiger partial charge in [0, 0.05) is 19.3 Å². The molecule has 0 bridgehead atoms. The van der Waals surface area contributed by atoms with E-state index in [0.29, 0.717) is 39.3 Å². The third kappa shape index (κ3) is 3.68. The summed E-state index contributed by atoms with van der Waals surface area (Å²) in [5, 5.41) is 3.21. The second kappa shape index (κ2) is 8.06. The highest BCUT2D eigenvalue weighted by Gasteiger charge is 2.31. The molecule has 1 N–H and O–H groups in total. The van der Waals surface area contributed by atoms with Gasteiger partial charge in [0.15, 0.2) is 0 Å². The van der Waals surface area contributed by atoms with Crippen molar-refractivity contribution in [2.45, 2.75) is 20.3 Å². The van der Waals surface area contributed by atoms with E-state index in [1.807, 2.05) is 19.9 Å². The first-order chi connectivity index (χ1) is 13.0. The average Bonchev–Trinajstić information content (AvgIpc) is 2.91. The lowest BCUT2D eigenvalue weighted by molar-refractivity contribution is -0.121. The number of anilines is 1. The van der Waals surface area contributed by atoms with Gasteiger partial charge in [0.2, 0.25) is 0 Å². The summed E-state index contributed by atoms with van der Waals surface area (Å²) in [4.78, 5) is 32.2. The number of carbonyl (C=O) groups is 1. The van der Waals surface area contributed by atoms with Gasteiger partial charge < -0.3 is 5.32 Å². The van der Waals surface area contributed by atoms with Crippen LogP contribution in [-0.4, -0.2) is 37.6 Å². The highest BCUT2D eigenvalue weighted by atomic mass is 32.2. The predicted octanol–water partition coefficient (Wildman–Crippen LogP) is 3.21. The lowest BCUT2D eigenvalue weighted by Gasteiger charge is -2.12. The zero-order chi connectivity index (χ0) is 19.6. The molecule has 0 unspecified atom stereocenters. The molecule has 1 aliphatic rings. The second-order valence-corrected chi connectivity index (χ2v) is 7.75. The number of amides is 1. The fraction of sp³-hybridized carbons (Fsp3) is 0.263. The third-order valence-corrected chi connectivity index (χ3v) is 5.47. The van der Waals surface area contributed by atoms with Crippen LogP contribution in [-0.2, 0) is 4.79 Å². The van der Waals surface area contributed by atoms with Crippen molar-refractivity contribution in [2.24, 2.45) is 0 Å². The van der Waals surface area contributed by atoms with E-state index in [1.54, 1.807) is 24.4 Å². The largest absolute Gasteiger partial charge is 0.369 e. The highest BCUT2D eigenvalue weighted by Crippen LogP contribution is 2.32. The van der Waals surface area contributed by atoms with Crippen molar-refractivity contribution in [3.8, 4) is 0 Å². The van der Waals surface area contributed by atoms with Crippen LogP contribution in [0.4, 0.5) is 5.82 Å². The van der Waals surface area contributed by atoms with Crippen molar-refractivity contribution >= 4 is 51.7 Å². The number of thiocarbonyl (C=S) groups is 1. The van der Waals surface area contributed by atoms with Gasteiger partial charge in [-0.3, -0.25) is 18.9 Å². The summed E-state index contributed by atoms with van der Waals surface area (Å²) in [6.45, 7) is 8.61. The van der Waals surface area contributed by atoms with Gasteiger partial charge in [0.25, 0.3) is 11.5 Å². The maximum absolute atomic E-state index is 13.1. The molecular weight excluding hydrogens is 380 g/mol. The smallest absolute Gasteiger partial charge is 0.267 e. The number of rotatable bonds is 6. The first-order valence-electron chi connectivity index (χ1n) is 8.60. The third-order valence-electron chi connectivity index (χ3n) is 4.09. The lowest BCUT2D eigenvalue weighted by atomic mass is 10.2. The zero-order valence-corrected chi connectivity index (χ0v) is 16.8. The van der Waals surface area contributed by atoms with Crippen LogP contribution in [0, 0.1) is 6.92 Å². The molecule has 2 aromatic rings. The topological polar surface area (TPSA) is 66.7 Å². The van der Waals surface area contributed by atoms with E-state index in [1.165, 1.54) is 21.1 Å². The molecule has 2 aromatic heterocycles. The van der Waals surface area contributed by atoms with Crippen molar-refractivity contribution in [3.63, 3.8) is 0 Å². The zero-order valence-electron chi connectivity index (χ0n) is 15.2. The number of nitrogens with zero attached hydrogens (tertiary/aromatic N) is 3. The van der Waals surface area contributed by atoms with Gasteiger partial charge in [-0.15, -0.1) is 6.58 Å². The Hall–Kier alpha value is -2.45. The predicted molar refractivity (Wildman–Crippen MR) is 115 cm³/mol. The summed E-state index contributed by atoms with van der Waals surface area (Å²) < 4.78 is 1.96. The van der Waals surface area contributed by atoms with Crippen molar-refractivity contribution in [1.82, 2.24) is 14.3 Å². The van der Waals surface area contributed by atoms with E-state index in [9.17, 15) is 9.59 Å². The standard InChI is InChI=1S/C19H20N4O2S2/c1-4-8-20-15-13(11-14-18(25)23(9-5-2)19(26)27-14)17(24)22-10-6-7-12(3)16(22)21-15/h5-7,10-11,20H,2,4,8-9H2,1,3H3/b14-11+. The summed E-state index contributed by atoms with van der Waals surface area (Å²) in [6, 6.07) is 3.71. The van der Waals surface area contributed by atoms with E-state index in [-0.39, 0.29) is 11.5 Å². The van der Waals surface area contributed by atoms with Crippen LogP contribution in [0.1, 0.15) is 24.5 Å². The lowest BCUT2D eigenvalue weighted by Crippen LogP contribution is -2.28. The Kier molecular flexibility index (Phi) is 5.76. The fourth-order valence-electron chi connectivity index (χ4n) is 2.74. The van der Waals surface area contributed by atoms with Crippen LogP contribution in [0.15, 0.2) is 40.7 Å². The van der Waals surface area contributed by atoms with E-state index in [4.69, 9.17) is 12.2 Å². The maximum atomic E-state index is 13.1. The molecule has 6 nitrogen and oxygen atoms in total. The minimum atomic E-state index is -0.226. The Bertz CT molecular complexity index is 1030. The molecule has 0 atom stereocenters. The molecule has 1 saturated heterocycles. The van der Waals surface area contributed by atoms with Gasteiger partial charge >= 0.3 is 0 Å². The Balaban J connectivity index is 2.17. The molecule has 0 radical (unpaired) electrons. The second-order valence-electron chi connectivity index (χ2n) is 6.07. The van der Waals surface area contributed by atoms with Crippen LogP contribution >= 0.6 is 24.0 Å². The number of aryl methyl sites for hydroxylation is 1. The molecule has 1 aliphatic heterocycles. The van der Waals surface area contributed by atoms with Crippen molar-refractivity contribution in [2.75, 3.05) is 18.4 Å². The Morgan fingerprint density at radius 1 is 1.41 bits per heavy atom. The number of aromatic nitrogens is 2. The molecule has 1 fully saturated rings. The molecule has 27 heavy (non-hydrogen) atoms. The Morgan fingerprint density at radius 2 is 2.19 bits per heavy atom. The molecule has 0 spiro atoms. The van der Waals surface area contributed by atoms with Gasteiger partial charge in [-0.2, -0.15) is 0 Å². The molecular formula is C19H20N4O2S2. The molecule has 0 saturated carbocycles. The van der Waals surface area contributed by atoms with Gasteiger partial charge in [-0.1, -0.05) is 43.0 Å². The summed E-state index contributed by atoms with van der Waals surface area (Å²) in [6.07, 6.45) is 5.78. The van der Waals surface area contributed by atoms with Crippen LogP contribution in [0.2, 0.25) is 0 Å². The number of fused-ring (bicyclic) bond motifs is 1. The molecule has 8 heteroatoms. The van der Waals surface area contributed by atoms with Crippen molar-refractivity contribution in [3.05, 3.63) is 57.4 Å². The first-order valence-corrected chi connectivity index (χ1v) is 9.82. The van der Waals surface area contributed by atoms with E-state index in [0.717, 1.165) is 12.0 Å². The van der Waals surface area contributed by atoms with Gasteiger partial charge in [-0.05, 0) is 31.1 Å². The highest BCUT2D eigenvalue weighted by molar-refractivity contribution is 8.26. The van der Waals surface area contributed by atoms with Crippen LogP contribution < -0.4 is 10.9 Å². The van der Waals surface area contributed by atoms with E-state index < -0.39 is 0 Å². The minimum Gasteiger partial charge on any atom is -0.369 e. The summed E-state index contributed by atoms with van der Waals surface area (Å²) in [7, 11) is 0. The molecule has 3 rings (SSSR count). The maximum Gasteiger partial charge on any atom is 0.267 e. The van der Waals surface area contributed by atoms with Crippen LogP contribution in [0.25, 0.3) is 11.7 Å². The molecule has 1 amide bonds. The molecule has 3 heterocycles. The summed E-state index contributed by atoms with van der Waals surface area (Å²) >= 11 is 6.45. The van der Waals surface area contributed by atoms with Crippen LogP contribution in [0.3, 0.4) is 0 Å². The molecule has 0 aliphatic carbocycles. The van der Waals surface area contributed by atoms with Crippen molar-refractivity contribution in [1.29, 1.82) is 0 Å². The van der Waals surface area contributed by atoms with Gasteiger partial charge in [0.05, 0.1) is 10.5 Å². The monoisotopic (exact) mass is 400 g/mol. The summed E-state index contributed by atoms with van der Waals surface area (Å²) in [5.74, 6) is 0.255. The quantitative estimate of drug-likeness (QED) is 0.456. The van der Waals surface area contributed by atoms with Gasteiger partial charge in [-0.25, -0.2) is 4.98 Å². The molecule has 0 aromatic carbocycles. The number of thioether (sulfide) groups is 1. The number of pyridine rings is 1. The minimum absolute atomic E-state index is 0.222. The van der Waals surface area contributed by atoms with Crippen molar-refractivity contribution < 1.29 is 4.79 Å². The number of hydrogen-bond donors (Lipinski definition) is 1. The average molecular weight is 401 g/mol. The van der Waals surface area contributed by atoms with E-state index in [2.05, 4.69) is 16.9 Å². The summed E-state index contributed by atoms with van der Waals surface area (Å²) in [5.41, 5.74) is 1.62. The number of carbonyl (C=O) groups excluding carboxylic acids is 1. The number of nitrogens with one attached hydrogen (secondary N) is 1. The van der Waals surface area contributed by atoms with Crippen LogP contribution in [0.5, 0.6) is 0 Å². The van der Waals surface area contributed by atoms with Gasteiger partial charge in [0.1, 0.15) is 15.8 Å². The fourth-order valence-corrected chi connectivity index (χ4v) is 3.99. The van der Waals surface area contributed by atoms with E-state index >= 15 is 0 Å².